The number of carbonyl (C=O) groups excluding carboxylic acids is 2. The van der Waals surface area contributed by atoms with Gasteiger partial charge < -0.3 is 20.1 Å². The number of nitrogens with zero attached hydrogens (tertiary/aromatic N) is 3. The number of aromatic nitrogens is 2. The Morgan fingerprint density at radius 1 is 1.17 bits per heavy atom. The van der Waals surface area contributed by atoms with Crippen molar-refractivity contribution >= 4 is 45.2 Å². The van der Waals surface area contributed by atoms with Crippen LogP contribution in [0.4, 0.5) is 10.5 Å². The molecule has 2 N–H and O–H groups in total. The molecule has 0 saturated heterocycles. The molecule has 30 heavy (non-hydrogen) atoms. The van der Waals surface area contributed by atoms with Crippen molar-refractivity contribution in [2.45, 2.75) is 13.0 Å². The van der Waals surface area contributed by atoms with Gasteiger partial charge in [-0.3, -0.25) is 4.79 Å². The van der Waals surface area contributed by atoms with Gasteiger partial charge in [0.25, 0.3) is 0 Å². The molecule has 156 valence electrons. The van der Waals surface area contributed by atoms with Crippen LogP contribution in [0.25, 0.3) is 0 Å². The van der Waals surface area contributed by atoms with E-state index in [-0.39, 0.29) is 11.9 Å². The van der Waals surface area contributed by atoms with E-state index in [1.165, 1.54) is 4.90 Å². The van der Waals surface area contributed by atoms with Crippen molar-refractivity contribution in [2.24, 2.45) is 0 Å². The molecule has 0 aliphatic heterocycles. The lowest BCUT2D eigenvalue weighted by molar-refractivity contribution is 0.0907. The summed E-state index contributed by atoms with van der Waals surface area (Å²) in [5.74, 6) is -0.254. The van der Waals surface area contributed by atoms with Crippen LogP contribution in [-0.2, 0) is 13.0 Å². The predicted molar refractivity (Wildman–Crippen MR) is 116 cm³/mol. The fraction of sp³-hybridized carbons (Fsp3) is 0.200. The van der Waals surface area contributed by atoms with Gasteiger partial charge in [-0.05, 0) is 45.8 Å². The molecule has 1 heterocycles. The number of hydrogen-bond acceptors (Lipinski definition) is 5. The SMILES string of the molecule is CN(CCc1noc(C(=O)NCc2ccc(Cl)cc2)n1)C(=O)Nc1ccccc1Br. The minimum Gasteiger partial charge on any atom is -0.344 e. The molecule has 0 saturated carbocycles. The third kappa shape index (κ3) is 6.04. The van der Waals surface area contributed by atoms with Crippen LogP contribution in [0.5, 0.6) is 0 Å². The normalized spacial score (nSPS) is 10.5. The van der Waals surface area contributed by atoms with Crippen LogP contribution in [0, 0.1) is 0 Å². The lowest BCUT2D eigenvalue weighted by Gasteiger charge is -2.17. The summed E-state index contributed by atoms with van der Waals surface area (Å²) in [6.07, 6.45) is 0.341. The summed E-state index contributed by atoms with van der Waals surface area (Å²) < 4.78 is 5.81. The summed E-state index contributed by atoms with van der Waals surface area (Å²) >= 11 is 9.23. The molecule has 0 atom stereocenters. The average molecular weight is 493 g/mol. The van der Waals surface area contributed by atoms with Crippen LogP contribution in [-0.4, -0.2) is 40.6 Å². The molecular formula is C20H19BrClN5O3. The summed E-state index contributed by atoms with van der Waals surface area (Å²) in [5, 5.41) is 9.94. The Kier molecular flexibility index (Phi) is 7.42. The molecule has 0 spiro atoms. The maximum absolute atomic E-state index is 12.3. The van der Waals surface area contributed by atoms with Gasteiger partial charge >= 0.3 is 17.8 Å². The van der Waals surface area contributed by atoms with Crippen LogP contribution in [0.3, 0.4) is 0 Å². The van der Waals surface area contributed by atoms with Crippen LogP contribution in [0.15, 0.2) is 57.5 Å². The molecule has 0 fully saturated rings. The predicted octanol–water partition coefficient (Wildman–Crippen LogP) is 4.12. The van der Waals surface area contributed by atoms with Gasteiger partial charge in [0.2, 0.25) is 0 Å². The van der Waals surface area contributed by atoms with Crippen molar-refractivity contribution in [3.63, 3.8) is 0 Å². The van der Waals surface area contributed by atoms with Gasteiger partial charge in [0, 0.05) is 36.1 Å². The summed E-state index contributed by atoms with van der Waals surface area (Å²) in [6, 6.07) is 14.2. The van der Waals surface area contributed by atoms with Gasteiger partial charge in [-0.25, -0.2) is 4.79 Å². The second-order valence-corrected chi connectivity index (χ2v) is 7.70. The van der Waals surface area contributed by atoms with Crippen LogP contribution >= 0.6 is 27.5 Å². The van der Waals surface area contributed by atoms with Gasteiger partial charge in [-0.15, -0.1) is 0 Å². The maximum atomic E-state index is 12.3. The number of nitrogens with one attached hydrogen (secondary N) is 2. The van der Waals surface area contributed by atoms with Crippen molar-refractivity contribution in [1.29, 1.82) is 0 Å². The van der Waals surface area contributed by atoms with Gasteiger partial charge in [0.05, 0.1) is 5.69 Å². The first-order chi connectivity index (χ1) is 14.4. The highest BCUT2D eigenvalue weighted by atomic mass is 79.9. The standard InChI is InChI=1S/C20H19BrClN5O3/c1-27(20(29)24-16-5-3-2-4-15(16)21)11-10-17-25-19(30-26-17)18(28)23-12-13-6-8-14(22)9-7-13/h2-9H,10-12H2,1H3,(H,23,28)(H,24,29). The van der Waals surface area contributed by atoms with Crippen molar-refractivity contribution < 1.29 is 14.1 Å². The monoisotopic (exact) mass is 491 g/mol. The van der Waals surface area contributed by atoms with E-state index in [0.29, 0.717) is 36.0 Å². The first-order valence-corrected chi connectivity index (χ1v) is 10.2. The van der Waals surface area contributed by atoms with Crippen LogP contribution < -0.4 is 10.6 Å². The van der Waals surface area contributed by atoms with Crippen molar-refractivity contribution in [3.8, 4) is 0 Å². The third-order valence-corrected chi connectivity index (χ3v) is 5.11. The molecule has 8 nitrogen and oxygen atoms in total. The van der Waals surface area contributed by atoms with E-state index in [9.17, 15) is 9.59 Å². The number of halogens is 2. The quantitative estimate of drug-likeness (QED) is 0.517. The number of anilines is 1. The number of likely N-dealkylation sites (N-methyl/N-ethyl adjacent to an activating group) is 1. The van der Waals surface area contributed by atoms with E-state index in [1.807, 2.05) is 30.3 Å². The van der Waals surface area contributed by atoms with E-state index in [4.69, 9.17) is 16.1 Å². The molecule has 0 aliphatic carbocycles. The van der Waals surface area contributed by atoms with Crippen LogP contribution in [0.2, 0.25) is 5.02 Å². The molecule has 0 radical (unpaired) electrons. The Labute approximate surface area is 186 Å². The third-order valence-electron chi connectivity index (χ3n) is 4.16. The maximum Gasteiger partial charge on any atom is 0.321 e. The number of para-hydroxylation sites is 1. The molecular weight excluding hydrogens is 474 g/mol. The second kappa shape index (κ2) is 10.2. The van der Waals surface area contributed by atoms with E-state index < -0.39 is 5.91 Å². The summed E-state index contributed by atoms with van der Waals surface area (Å²) in [6.45, 7) is 0.660. The number of urea groups is 1. The highest BCUT2D eigenvalue weighted by Gasteiger charge is 2.16. The molecule has 0 aliphatic rings. The van der Waals surface area contributed by atoms with Gasteiger partial charge in [-0.2, -0.15) is 4.98 Å². The van der Waals surface area contributed by atoms with E-state index >= 15 is 0 Å². The van der Waals surface area contributed by atoms with Crippen molar-refractivity contribution in [1.82, 2.24) is 20.4 Å². The van der Waals surface area contributed by atoms with E-state index in [0.717, 1.165) is 10.0 Å². The lowest BCUT2D eigenvalue weighted by atomic mass is 10.2. The Balaban J connectivity index is 1.47. The van der Waals surface area contributed by atoms with Gasteiger partial charge in [0.1, 0.15) is 0 Å². The number of carbonyl (C=O) groups is 2. The van der Waals surface area contributed by atoms with Crippen molar-refractivity contribution in [2.75, 3.05) is 18.9 Å². The Morgan fingerprint density at radius 2 is 1.90 bits per heavy atom. The van der Waals surface area contributed by atoms with Gasteiger partial charge in [-0.1, -0.05) is 41.0 Å². The smallest absolute Gasteiger partial charge is 0.321 e. The number of hydrogen-bond donors (Lipinski definition) is 2. The Bertz CT molecular complexity index is 1030. The molecule has 0 unspecified atom stereocenters. The topological polar surface area (TPSA) is 100 Å². The Hall–Kier alpha value is -2.91. The number of rotatable bonds is 7. The molecule has 0 bridgehead atoms. The summed E-state index contributed by atoms with van der Waals surface area (Å²) in [7, 11) is 1.66. The number of amides is 3. The first-order valence-electron chi connectivity index (χ1n) is 9.04. The van der Waals surface area contributed by atoms with E-state index in [1.54, 1.807) is 25.2 Å². The summed E-state index contributed by atoms with van der Waals surface area (Å²) in [5.41, 5.74) is 1.57. The van der Waals surface area contributed by atoms with E-state index in [2.05, 4.69) is 36.7 Å². The molecule has 1 aromatic heterocycles. The molecule has 10 heteroatoms. The minimum atomic E-state index is -0.469. The fourth-order valence-electron chi connectivity index (χ4n) is 2.45. The largest absolute Gasteiger partial charge is 0.344 e. The lowest BCUT2D eigenvalue weighted by Crippen LogP contribution is -2.33. The molecule has 2 aromatic carbocycles. The average Bonchev–Trinajstić information content (AvgIpc) is 3.22. The van der Waals surface area contributed by atoms with Crippen LogP contribution in [0.1, 0.15) is 22.1 Å². The second-order valence-electron chi connectivity index (χ2n) is 6.41. The highest BCUT2D eigenvalue weighted by Crippen LogP contribution is 2.21. The zero-order valence-corrected chi connectivity index (χ0v) is 18.4. The van der Waals surface area contributed by atoms with Crippen molar-refractivity contribution in [3.05, 3.63) is 75.3 Å². The molecule has 3 rings (SSSR count). The highest BCUT2D eigenvalue weighted by molar-refractivity contribution is 9.10. The Morgan fingerprint density at radius 3 is 2.63 bits per heavy atom. The molecule has 3 amide bonds. The number of benzene rings is 2. The first kappa shape index (κ1) is 21.8. The molecule has 3 aromatic rings. The van der Waals surface area contributed by atoms with Gasteiger partial charge in [0.15, 0.2) is 5.82 Å². The summed E-state index contributed by atoms with van der Waals surface area (Å²) in [4.78, 5) is 30.1. The zero-order valence-electron chi connectivity index (χ0n) is 16.1. The fourth-order valence-corrected chi connectivity index (χ4v) is 2.96. The minimum absolute atomic E-state index is 0.126. The zero-order chi connectivity index (χ0) is 21.5.